The van der Waals surface area contributed by atoms with Gasteiger partial charge in [-0.3, -0.25) is 0 Å². The first-order valence-corrected chi connectivity index (χ1v) is 8.73. The minimum absolute atomic E-state index is 0. The molecule has 0 aliphatic rings. The summed E-state index contributed by atoms with van der Waals surface area (Å²) < 4.78 is 45.7. The van der Waals surface area contributed by atoms with Crippen LogP contribution in [0.4, 0.5) is 13.2 Å². The number of hydrogen-bond acceptors (Lipinski definition) is 5. The van der Waals surface area contributed by atoms with Crippen molar-refractivity contribution >= 4 is 17.3 Å². The van der Waals surface area contributed by atoms with Gasteiger partial charge < -0.3 is 14.6 Å². The van der Waals surface area contributed by atoms with Gasteiger partial charge in [-0.2, -0.15) is 0 Å². The van der Waals surface area contributed by atoms with Crippen molar-refractivity contribution in [2.24, 2.45) is 0 Å². The summed E-state index contributed by atoms with van der Waals surface area (Å²) in [7, 11) is 0. The number of halogens is 3. The zero-order valence-corrected chi connectivity index (χ0v) is 17.9. The molecule has 3 aromatic rings. The number of aromatic carboxylic acids is 1. The Balaban J connectivity index is 0.00000280. The molecule has 3 rings (SSSR count). The quantitative estimate of drug-likeness (QED) is 0.432. The van der Waals surface area contributed by atoms with E-state index in [0.717, 1.165) is 11.6 Å². The molecular formula is C19H13F3NNaO3S. The molecule has 0 spiro atoms. The molecule has 28 heavy (non-hydrogen) atoms. The van der Waals surface area contributed by atoms with E-state index < -0.39 is 23.4 Å². The molecular weight excluding hydrogens is 402 g/mol. The fraction of sp³-hybridized carbons (Fsp3) is 0.158. The van der Waals surface area contributed by atoms with Crippen LogP contribution in [0.3, 0.4) is 0 Å². The molecule has 0 saturated heterocycles. The van der Waals surface area contributed by atoms with E-state index in [1.54, 1.807) is 12.1 Å². The Morgan fingerprint density at radius 1 is 1.11 bits per heavy atom. The van der Waals surface area contributed by atoms with Crippen LogP contribution in [0.25, 0.3) is 0 Å². The Hall–Kier alpha value is -1.87. The summed E-state index contributed by atoms with van der Waals surface area (Å²) in [5.74, 6) is -4.26. The number of carboxylic acids is 1. The second-order valence-corrected chi connectivity index (χ2v) is 6.79. The Morgan fingerprint density at radius 3 is 2.50 bits per heavy atom. The van der Waals surface area contributed by atoms with Gasteiger partial charge in [0.2, 0.25) is 0 Å². The zero-order valence-electron chi connectivity index (χ0n) is 15.1. The Morgan fingerprint density at radius 2 is 1.82 bits per heavy atom. The summed E-state index contributed by atoms with van der Waals surface area (Å²) in [6.45, 7) is 1.58. The number of thiazole rings is 1. The van der Waals surface area contributed by atoms with Crippen LogP contribution in [0, 0.1) is 24.4 Å². The summed E-state index contributed by atoms with van der Waals surface area (Å²) in [5.41, 5.74) is 1.38. The van der Waals surface area contributed by atoms with Gasteiger partial charge in [-0.25, -0.2) is 18.2 Å². The number of carboxylic acid groups (broad SMARTS) is 1. The second kappa shape index (κ2) is 9.56. The summed E-state index contributed by atoms with van der Waals surface area (Å²) in [6, 6.07) is 6.52. The van der Waals surface area contributed by atoms with Crippen LogP contribution in [-0.4, -0.2) is 11.0 Å². The van der Waals surface area contributed by atoms with Crippen molar-refractivity contribution in [2.45, 2.75) is 20.0 Å². The molecule has 0 atom stereocenters. The van der Waals surface area contributed by atoms with Gasteiger partial charge >= 0.3 is 29.6 Å². The maximum absolute atomic E-state index is 13.8. The fourth-order valence-corrected chi connectivity index (χ4v) is 3.25. The molecule has 0 radical (unpaired) electrons. The third kappa shape index (κ3) is 5.35. The number of nitrogens with zero attached hydrogens (tertiary/aromatic N) is 1. The smallest absolute Gasteiger partial charge is 0.543 e. The van der Waals surface area contributed by atoms with Gasteiger partial charge in [-0.05, 0) is 19.1 Å². The molecule has 4 nitrogen and oxygen atoms in total. The molecule has 0 bridgehead atoms. The maximum Gasteiger partial charge on any atom is 1.00 e. The number of aromatic nitrogens is 1. The minimum Gasteiger partial charge on any atom is -0.543 e. The number of aryl methyl sites for hydroxylation is 1. The number of carbonyl (C=O) groups is 1. The van der Waals surface area contributed by atoms with Crippen LogP contribution in [0.5, 0.6) is 5.75 Å². The Kier molecular flexibility index (Phi) is 7.65. The summed E-state index contributed by atoms with van der Waals surface area (Å²) in [4.78, 5) is 14.8. The third-order valence-electron chi connectivity index (χ3n) is 3.79. The molecule has 0 N–H and O–H groups in total. The van der Waals surface area contributed by atoms with E-state index in [2.05, 4.69) is 4.98 Å². The molecule has 1 heterocycles. The molecule has 1 aromatic heterocycles. The fourth-order valence-electron chi connectivity index (χ4n) is 2.47. The van der Waals surface area contributed by atoms with Crippen LogP contribution < -0.4 is 39.4 Å². The largest absolute Gasteiger partial charge is 1.00 e. The average Bonchev–Trinajstić information content (AvgIpc) is 3.07. The van der Waals surface area contributed by atoms with Gasteiger partial charge in [-0.15, -0.1) is 11.3 Å². The predicted molar refractivity (Wildman–Crippen MR) is 91.1 cm³/mol. The predicted octanol–water partition coefficient (Wildman–Crippen LogP) is 0.406. The molecule has 0 amide bonds. The van der Waals surface area contributed by atoms with Crippen LogP contribution in [0.2, 0.25) is 0 Å². The van der Waals surface area contributed by atoms with Crippen LogP contribution in [0.15, 0.2) is 35.7 Å². The molecule has 0 aliphatic heterocycles. The average molecular weight is 415 g/mol. The van der Waals surface area contributed by atoms with Gasteiger partial charge in [0.15, 0.2) is 11.6 Å². The van der Waals surface area contributed by atoms with Crippen LogP contribution in [0.1, 0.15) is 32.2 Å². The molecule has 0 fully saturated rings. The van der Waals surface area contributed by atoms with Crippen molar-refractivity contribution in [3.8, 4) is 5.75 Å². The summed E-state index contributed by atoms with van der Waals surface area (Å²) in [5, 5.41) is 12.8. The first-order chi connectivity index (χ1) is 12.8. The van der Waals surface area contributed by atoms with Gasteiger partial charge in [0.25, 0.3) is 0 Å². The van der Waals surface area contributed by atoms with E-state index in [0.29, 0.717) is 28.8 Å². The summed E-state index contributed by atoms with van der Waals surface area (Å²) in [6.07, 6.45) is 0.301. The van der Waals surface area contributed by atoms with E-state index in [9.17, 15) is 23.1 Å². The van der Waals surface area contributed by atoms with Crippen molar-refractivity contribution in [3.05, 3.63) is 80.6 Å². The first kappa shape index (κ1) is 22.4. The van der Waals surface area contributed by atoms with Gasteiger partial charge in [0.1, 0.15) is 18.2 Å². The van der Waals surface area contributed by atoms with E-state index in [-0.39, 0.29) is 47.4 Å². The SMILES string of the molecule is Cc1ccc(OCc2cc(F)c(F)cc2F)c(Cc2nc(C(=O)[O-])cs2)c1.[Na+]. The zero-order chi connectivity index (χ0) is 19.6. The van der Waals surface area contributed by atoms with Gasteiger partial charge in [-0.1, -0.05) is 17.7 Å². The van der Waals surface area contributed by atoms with Crippen molar-refractivity contribution in [1.82, 2.24) is 4.98 Å². The topological polar surface area (TPSA) is 62.2 Å². The van der Waals surface area contributed by atoms with Gasteiger partial charge in [0.05, 0.1) is 16.7 Å². The number of benzene rings is 2. The van der Waals surface area contributed by atoms with Crippen molar-refractivity contribution < 1.29 is 57.4 Å². The number of hydrogen-bond donors (Lipinski definition) is 0. The van der Waals surface area contributed by atoms with Crippen LogP contribution >= 0.6 is 11.3 Å². The van der Waals surface area contributed by atoms with Crippen molar-refractivity contribution in [2.75, 3.05) is 0 Å². The standard InChI is InChI=1S/C19H14F3NO3S.Na/c1-10-2-3-17(26-8-12-5-14(21)15(22)7-13(12)20)11(4-10)6-18-23-16(9-27-18)19(24)25;/h2-5,7,9H,6,8H2,1H3,(H,24,25);/q;+1/p-1. The molecule has 0 unspecified atom stereocenters. The van der Waals surface area contributed by atoms with E-state index in [1.165, 1.54) is 16.7 Å². The normalized spacial score (nSPS) is 10.4. The number of ether oxygens (including phenoxy) is 1. The maximum atomic E-state index is 13.8. The first-order valence-electron chi connectivity index (χ1n) is 7.85. The van der Waals surface area contributed by atoms with Crippen molar-refractivity contribution in [1.29, 1.82) is 0 Å². The minimum atomic E-state index is -1.35. The van der Waals surface area contributed by atoms with E-state index >= 15 is 0 Å². The van der Waals surface area contributed by atoms with E-state index in [1.807, 2.05) is 13.0 Å². The molecule has 9 heteroatoms. The molecule has 0 saturated carbocycles. The second-order valence-electron chi connectivity index (χ2n) is 5.85. The van der Waals surface area contributed by atoms with E-state index in [4.69, 9.17) is 4.74 Å². The van der Waals surface area contributed by atoms with Crippen molar-refractivity contribution in [3.63, 3.8) is 0 Å². The summed E-state index contributed by atoms with van der Waals surface area (Å²) >= 11 is 1.17. The molecule has 140 valence electrons. The monoisotopic (exact) mass is 415 g/mol. The number of carbonyl (C=O) groups excluding carboxylic acids is 1. The van der Waals surface area contributed by atoms with Gasteiger partial charge in [0, 0.05) is 29.0 Å². The molecule has 2 aromatic carbocycles. The molecule has 0 aliphatic carbocycles. The van der Waals surface area contributed by atoms with Crippen LogP contribution in [-0.2, 0) is 13.0 Å². The Bertz CT molecular complexity index is 1010. The number of rotatable bonds is 6. The Labute approximate surface area is 185 Å². The third-order valence-corrected chi connectivity index (χ3v) is 4.64.